The molecule has 0 radical (unpaired) electrons. The van der Waals surface area contributed by atoms with E-state index in [2.05, 4.69) is 119 Å². The molecule has 0 bridgehead atoms. The van der Waals surface area contributed by atoms with Gasteiger partial charge in [0.15, 0.2) is 0 Å². The summed E-state index contributed by atoms with van der Waals surface area (Å²) in [6, 6.07) is 27.7. The third-order valence-corrected chi connectivity index (χ3v) is 6.29. The van der Waals surface area contributed by atoms with E-state index in [0.717, 1.165) is 31.3 Å². The second-order valence-corrected chi connectivity index (χ2v) is 8.79. The van der Waals surface area contributed by atoms with E-state index in [1.807, 2.05) is 6.07 Å². The van der Waals surface area contributed by atoms with Crippen molar-refractivity contribution in [3.63, 3.8) is 0 Å². The Bertz CT molecular complexity index is 1110. The van der Waals surface area contributed by atoms with Gasteiger partial charge in [0.2, 0.25) is 0 Å². The summed E-state index contributed by atoms with van der Waals surface area (Å²) in [5.74, 6) is 0.108. The largest absolute Gasteiger partial charge is 0.0995 e. The SMILES string of the molecule is C=C(C/C=C/c1cc(CC)ccc1C)CCC(=C)C(C(=C)c1ccccc1)c1ccccc1. The summed E-state index contributed by atoms with van der Waals surface area (Å²) in [4.78, 5) is 0. The van der Waals surface area contributed by atoms with Crippen LogP contribution in [0, 0.1) is 6.92 Å². The summed E-state index contributed by atoms with van der Waals surface area (Å²) in [5.41, 5.74) is 9.92. The summed E-state index contributed by atoms with van der Waals surface area (Å²) < 4.78 is 0. The van der Waals surface area contributed by atoms with Crippen molar-refractivity contribution >= 4 is 11.6 Å². The quantitative estimate of drug-likeness (QED) is 0.265. The molecule has 0 aliphatic heterocycles. The Morgan fingerprint density at radius 2 is 1.52 bits per heavy atom. The average Bonchev–Trinajstić information content (AvgIpc) is 2.85. The lowest BCUT2D eigenvalue weighted by Gasteiger charge is -2.23. The fourth-order valence-electron chi connectivity index (χ4n) is 4.17. The molecular formula is C33H36. The number of hydrogen-bond acceptors (Lipinski definition) is 0. The van der Waals surface area contributed by atoms with Crippen LogP contribution in [0.1, 0.15) is 59.9 Å². The first-order valence-corrected chi connectivity index (χ1v) is 11.9. The molecule has 0 saturated heterocycles. The number of rotatable bonds is 11. The van der Waals surface area contributed by atoms with Crippen LogP contribution < -0.4 is 0 Å². The maximum absolute atomic E-state index is 4.49. The van der Waals surface area contributed by atoms with Crippen LogP contribution in [0.3, 0.4) is 0 Å². The zero-order valence-electron chi connectivity index (χ0n) is 20.2. The summed E-state index contributed by atoms with van der Waals surface area (Å²) >= 11 is 0. The van der Waals surface area contributed by atoms with Crippen molar-refractivity contribution in [2.75, 3.05) is 0 Å². The lowest BCUT2D eigenvalue weighted by Crippen LogP contribution is -2.05. The van der Waals surface area contributed by atoms with E-state index in [1.54, 1.807) is 0 Å². The Morgan fingerprint density at radius 3 is 2.18 bits per heavy atom. The molecule has 0 heterocycles. The number of allylic oxidation sites excluding steroid dienone is 4. The molecular weight excluding hydrogens is 396 g/mol. The van der Waals surface area contributed by atoms with E-state index in [1.165, 1.54) is 39.0 Å². The van der Waals surface area contributed by atoms with Crippen LogP contribution in [0.4, 0.5) is 0 Å². The van der Waals surface area contributed by atoms with E-state index in [4.69, 9.17) is 0 Å². The Kier molecular flexibility index (Phi) is 8.84. The van der Waals surface area contributed by atoms with Gasteiger partial charge in [0.05, 0.1) is 0 Å². The first-order chi connectivity index (χ1) is 16.0. The standard InChI is InChI=1S/C33H36/c1-6-29-23-22-26(3)32(24-29)19-13-14-25(2)20-21-27(4)33(31-17-11-8-12-18-31)28(5)30-15-9-7-10-16-30/h7-13,15-19,22-24,33H,2,4-6,14,20-21H2,1,3H3/b19-13+. The van der Waals surface area contributed by atoms with Gasteiger partial charge in [-0.15, -0.1) is 0 Å². The summed E-state index contributed by atoms with van der Waals surface area (Å²) in [6.07, 6.45) is 8.26. The van der Waals surface area contributed by atoms with Crippen molar-refractivity contribution in [2.24, 2.45) is 0 Å². The second kappa shape index (κ2) is 12.0. The van der Waals surface area contributed by atoms with Gasteiger partial charge >= 0.3 is 0 Å². The molecule has 3 aromatic carbocycles. The molecule has 0 heteroatoms. The highest BCUT2D eigenvalue weighted by atomic mass is 14.2. The van der Waals surface area contributed by atoms with Crippen molar-refractivity contribution in [2.45, 2.75) is 45.4 Å². The molecule has 33 heavy (non-hydrogen) atoms. The highest BCUT2D eigenvalue weighted by molar-refractivity contribution is 5.72. The summed E-state index contributed by atoms with van der Waals surface area (Å²) in [5, 5.41) is 0. The van der Waals surface area contributed by atoms with Crippen molar-refractivity contribution in [1.82, 2.24) is 0 Å². The summed E-state index contributed by atoms with van der Waals surface area (Å²) in [7, 11) is 0. The zero-order valence-corrected chi connectivity index (χ0v) is 20.2. The van der Waals surface area contributed by atoms with Gasteiger partial charge in [-0.1, -0.05) is 129 Å². The third-order valence-electron chi connectivity index (χ3n) is 6.29. The van der Waals surface area contributed by atoms with Crippen LogP contribution in [0.2, 0.25) is 0 Å². The highest BCUT2D eigenvalue weighted by Gasteiger charge is 2.19. The van der Waals surface area contributed by atoms with Crippen LogP contribution in [0.5, 0.6) is 0 Å². The van der Waals surface area contributed by atoms with Gasteiger partial charge in [-0.05, 0) is 66.0 Å². The molecule has 0 amide bonds. The fourth-order valence-corrected chi connectivity index (χ4v) is 4.17. The molecule has 0 fully saturated rings. The second-order valence-electron chi connectivity index (χ2n) is 8.79. The maximum Gasteiger partial charge on any atom is 0.0296 e. The minimum atomic E-state index is 0.108. The van der Waals surface area contributed by atoms with Gasteiger partial charge in [-0.2, -0.15) is 0 Å². The first kappa shape index (κ1) is 24.3. The predicted molar refractivity (Wildman–Crippen MR) is 146 cm³/mol. The van der Waals surface area contributed by atoms with E-state index >= 15 is 0 Å². The Morgan fingerprint density at radius 1 is 0.848 bits per heavy atom. The van der Waals surface area contributed by atoms with E-state index in [-0.39, 0.29) is 5.92 Å². The number of aryl methyl sites for hydroxylation is 2. The summed E-state index contributed by atoms with van der Waals surface area (Å²) in [6.45, 7) is 17.6. The molecule has 0 nitrogen and oxygen atoms in total. The van der Waals surface area contributed by atoms with Crippen LogP contribution in [0.15, 0.2) is 116 Å². The monoisotopic (exact) mass is 432 g/mol. The van der Waals surface area contributed by atoms with Crippen LogP contribution in [0.25, 0.3) is 11.6 Å². The Balaban J connectivity index is 1.64. The first-order valence-electron chi connectivity index (χ1n) is 11.9. The molecule has 0 aliphatic rings. The number of hydrogen-bond donors (Lipinski definition) is 0. The molecule has 0 spiro atoms. The van der Waals surface area contributed by atoms with E-state index < -0.39 is 0 Å². The van der Waals surface area contributed by atoms with Gasteiger partial charge in [-0.25, -0.2) is 0 Å². The van der Waals surface area contributed by atoms with Crippen molar-refractivity contribution in [3.05, 3.63) is 144 Å². The number of benzene rings is 3. The molecule has 0 saturated carbocycles. The Hall–Kier alpha value is -3.38. The topological polar surface area (TPSA) is 0 Å². The smallest absolute Gasteiger partial charge is 0.0296 e. The predicted octanol–water partition coefficient (Wildman–Crippen LogP) is 9.35. The van der Waals surface area contributed by atoms with Crippen molar-refractivity contribution in [3.8, 4) is 0 Å². The Labute approximate surface area is 200 Å². The normalized spacial score (nSPS) is 11.9. The molecule has 3 rings (SSSR count). The molecule has 168 valence electrons. The fraction of sp³-hybridized carbons (Fsp3) is 0.212. The third kappa shape index (κ3) is 6.80. The van der Waals surface area contributed by atoms with Gasteiger partial charge in [0, 0.05) is 5.92 Å². The molecule has 0 N–H and O–H groups in total. The van der Waals surface area contributed by atoms with Crippen LogP contribution in [-0.4, -0.2) is 0 Å². The van der Waals surface area contributed by atoms with Crippen LogP contribution >= 0.6 is 0 Å². The molecule has 0 aromatic heterocycles. The van der Waals surface area contributed by atoms with Gasteiger partial charge in [0.1, 0.15) is 0 Å². The van der Waals surface area contributed by atoms with E-state index in [9.17, 15) is 0 Å². The minimum absolute atomic E-state index is 0.108. The maximum atomic E-state index is 4.49. The average molecular weight is 433 g/mol. The lowest BCUT2D eigenvalue weighted by molar-refractivity contribution is 0.842. The van der Waals surface area contributed by atoms with E-state index in [0.29, 0.717) is 0 Å². The minimum Gasteiger partial charge on any atom is -0.0995 e. The van der Waals surface area contributed by atoms with Gasteiger partial charge < -0.3 is 0 Å². The van der Waals surface area contributed by atoms with Gasteiger partial charge in [-0.3, -0.25) is 0 Å². The molecule has 0 aliphatic carbocycles. The van der Waals surface area contributed by atoms with Crippen molar-refractivity contribution in [1.29, 1.82) is 0 Å². The lowest BCUT2D eigenvalue weighted by atomic mass is 9.81. The van der Waals surface area contributed by atoms with Crippen LogP contribution in [-0.2, 0) is 6.42 Å². The molecule has 1 unspecified atom stereocenters. The zero-order chi connectivity index (χ0) is 23.6. The molecule has 3 aromatic rings. The van der Waals surface area contributed by atoms with Gasteiger partial charge in [0.25, 0.3) is 0 Å². The van der Waals surface area contributed by atoms with Crippen molar-refractivity contribution < 1.29 is 0 Å². The highest BCUT2D eigenvalue weighted by Crippen LogP contribution is 2.38. The molecule has 1 atom stereocenters.